The normalized spacial score (nSPS) is 15.0. The number of ether oxygens (including phenoxy) is 1. The number of carbonyl (C=O) groups is 1. The lowest BCUT2D eigenvalue weighted by Crippen LogP contribution is -2.19. The van der Waals surface area contributed by atoms with Crippen LogP contribution in [0.2, 0.25) is 0 Å². The summed E-state index contributed by atoms with van der Waals surface area (Å²) in [6.07, 6.45) is 1.94. The van der Waals surface area contributed by atoms with Crippen LogP contribution in [0.15, 0.2) is 168 Å². The molecule has 2 heteroatoms. The highest BCUT2D eigenvalue weighted by atomic mass is 16.5. The lowest BCUT2D eigenvalue weighted by Gasteiger charge is -2.32. The van der Waals surface area contributed by atoms with Gasteiger partial charge in [-0.25, -0.2) is 0 Å². The van der Waals surface area contributed by atoms with Crippen molar-refractivity contribution in [2.24, 2.45) is 0 Å². The van der Waals surface area contributed by atoms with E-state index in [4.69, 9.17) is 4.74 Å². The summed E-state index contributed by atoms with van der Waals surface area (Å²) in [6.45, 7) is 3.57. The summed E-state index contributed by atoms with van der Waals surface area (Å²) >= 11 is 0. The van der Waals surface area contributed by atoms with Gasteiger partial charge in [0.25, 0.3) is 0 Å². The molecule has 6 aromatic rings. The van der Waals surface area contributed by atoms with Crippen LogP contribution in [0.1, 0.15) is 42.0 Å². The van der Waals surface area contributed by atoms with Crippen LogP contribution in [0.5, 0.6) is 0 Å². The monoisotopic (exact) mass is 592 g/mol. The zero-order valence-corrected chi connectivity index (χ0v) is 25.8. The highest BCUT2D eigenvalue weighted by molar-refractivity contribution is 6.07. The molecular weight excluding hydrogens is 560 g/mol. The Bertz CT molecular complexity index is 2250. The first-order chi connectivity index (χ1) is 22.6. The van der Waals surface area contributed by atoms with Gasteiger partial charge in [-0.2, -0.15) is 0 Å². The minimum atomic E-state index is -0.281. The number of benzene rings is 6. The van der Waals surface area contributed by atoms with Gasteiger partial charge in [-0.3, -0.25) is 4.79 Å². The van der Waals surface area contributed by atoms with E-state index >= 15 is 0 Å². The van der Waals surface area contributed by atoms with Crippen LogP contribution in [0, 0.1) is 11.8 Å². The molecule has 1 unspecified atom stereocenters. The molecule has 220 valence electrons. The molecule has 1 atom stereocenters. The van der Waals surface area contributed by atoms with E-state index in [2.05, 4.69) is 103 Å². The fraction of sp³-hybridized carbons (Fsp3) is 0.0682. The first-order valence-corrected chi connectivity index (χ1v) is 15.5. The van der Waals surface area contributed by atoms with Gasteiger partial charge in [0.2, 0.25) is 0 Å². The number of Topliss-reactive ketones (excluding diaryl/α,β-unsaturated/α-hetero) is 1. The minimum absolute atomic E-state index is 0.0681. The Balaban J connectivity index is 1.53. The predicted octanol–water partition coefficient (Wildman–Crippen LogP) is 10.5. The average Bonchev–Trinajstić information content (AvgIpc) is 3.10. The number of hydrogen-bond donors (Lipinski definition) is 0. The molecule has 0 aromatic heterocycles. The molecule has 7 rings (SSSR count). The zero-order valence-electron chi connectivity index (χ0n) is 25.8. The quantitative estimate of drug-likeness (QED) is 0.147. The maximum Gasteiger partial charge on any atom is 0.163 e. The molecule has 0 fully saturated rings. The summed E-state index contributed by atoms with van der Waals surface area (Å²) in [6, 6.07) is 49.6. The highest BCUT2D eigenvalue weighted by Gasteiger charge is 2.35. The van der Waals surface area contributed by atoms with E-state index < -0.39 is 0 Å². The fourth-order valence-electron chi connectivity index (χ4n) is 6.33. The molecule has 1 heterocycles. The molecule has 1 aliphatic heterocycles. The Labute approximate surface area is 270 Å². The second-order valence-electron chi connectivity index (χ2n) is 11.5. The molecular formula is C44H32O2. The summed E-state index contributed by atoms with van der Waals surface area (Å²) in [7, 11) is 0. The van der Waals surface area contributed by atoms with Gasteiger partial charge in [-0.05, 0) is 64.2 Å². The van der Waals surface area contributed by atoms with E-state index in [1.807, 2.05) is 67.6 Å². The summed E-state index contributed by atoms with van der Waals surface area (Å²) < 4.78 is 6.81. The van der Waals surface area contributed by atoms with Crippen molar-refractivity contribution in [3.8, 4) is 11.8 Å². The molecule has 0 bridgehead atoms. The maximum atomic E-state index is 13.5. The third-order valence-electron chi connectivity index (χ3n) is 8.53. The van der Waals surface area contributed by atoms with Crippen molar-refractivity contribution in [1.29, 1.82) is 0 Å². The Kier molecular flexibility index (Phi) is 7.90. The van der Waals surface area contributed by atoms with Gasteiger partial charge < -0.3 is 4.74 Å². The molecule has 0 amide bonds. The average molecular weight is 593 g/mol. The van der Waals surface area contributed by atoms with Crippen LogP contribution in [-0.4, -0.2) is 5.78 Å². The lowest BCUT2D eigenvalue weighted by atomic mass is 9.76. The van der Waals surface area contributed by atoms with E-state index in [-0.39, 0.29) is 11.7 Å². The second kappa shape index (κ2) is 12.6. The van der Waals surface area contributed by atoms with Crippen LogP contribution in [0.3, 0.4) is 0 Å². The zero-order chi connectivity index (χ0) is 31.5. The van der Waals surface area contributed by atoms with E-state index in [0.717, 1.165) is 54.9 Å². The molecule has 0 saturated heterocycles. The summed E-state index contributed by atoms with van der Waals surface area (Å²) in [4.78, 5) is 13.5. The number of allylic oxidation sites excluding steroid dienone is 4. The van der Waals surface area contributed by atoms with E-state index in [1.165, 1.54) is 0 Å². The third-order valence-corrected chi connectivity index (χ3v) is 8.53. The summed E-state index contributed by atoms with van der Waals surface area (Å²) in [5.74, 6) is 7.99. The minimum Gasteiger partial charge on any atom is -0.460 e. The Morgan fingerprint density at radius 3 is 1.96 bits per heavy atom. The van der Waals surface area contributed by atoms with Crippen molar-refractivity contribution in [3.05, 3.63) is 191 Å². The van der Waals surface area contributed by atoms with Crippen molar-refractivity contribution in [2.45, 2.75) is 19.8 Å². The Morgan fingerprint density at radius 2 is 1.24 bits per heavy atom. The standard InChI is InChI=1S/C44H32O2/c1-30(45)41(29-32-15-5-3-6-16-32)44-43(40-26-14-23-34-18-10-12-25-39(34)40)42(36-19-7-4-8-20-36)37(31(2)46-44)28-27-35-22-13-21-33-17-9-11-24-38(33)35/h3-26,29,42H,1-2H3/b41-29-. The molecule has 1 aliphatic rings. The summed E-state index contributed by atoms with van der Waals surface area (Å²) in [5, 5.41) is 4.46. The third kappa shape index (κ3) is 5.56. The second-order valence-corrected chi connectivity index (χ2v) is 11.5. The van der Waals surface area contributed by atoms with E-state index in [0.29, 0.717) is 17.1 Å². The van der Waals surface area contributed by atoms with Crippen molar-refractivity contribution in [1.82, 2.24) is 0 Å². The molecule has 0 spiro atoms. The molecule has 0 radical (unpaired) electrons. The van der Waals surface area contributed by atoms with Gasteiger partial charge in [0.15, 0.2) is 5.78 Å². The summed E-state index contributed by atoms with van der Waals surface area (Å²) in [5.41, 5.74) is 6.30. The molecule has 2 nitrogen and oxygen atoms in total. The fourth-order valence-corrected chi connectivity index (χ4v) is 6.33. The van der Waals surface area contributed by atoms with Crippen LogP contribution in [-0.2, 0) is 9.53 Å². The molecule has 6 aromatic carbocycles. The van der Waals surface area contributed by atoms with Gasteiger partial charge in [-0.15, -0.1) is 0 Å². The highest BCUT2D eigenvalue weighted by Crippen LogP contribution is 2.48. The van der Waals surface area contributed by atoms with Gasteiger partial charge in [0.05, 0.1) is 11.1 Å². The van der Waals surface area contributed by atoms with Gasteiger partial charge in [0.1, 0.15) is 11.5 Å². The Morgan fingerprint density at radius 1 is 0.652 bits per heavy atom. The topological polar surface area (TPSA) is 26.3 Å². The van der Waals surface area contributed by atoms with E-state index in [9.17, 15) is 4.79 Å². The van der Waals surface area contributed by atoms with Crippen molar-refractivity contribution < 1.29 is 9.53 Å². The van der Waals surface area contributed by atoms with Crippen molar-refractivity contribution in [3.63, 3.8) is 0 Å². The first kappa shape index (κ1) is 28.8. The smallest absolute Gasteiger partial charge is 0.163 e. The number of fused-ring (bicyclic) bond motifs is 2. The van der Waals surface area contributed by atoms with E-state index in [1.54, 1.807) is 6.92 Å². The Hall–Kier alpha value is -5.91. The number of ketones is 1. The number of rotatable bonds is 5. The lowest BCUT2D eigenvalue weighted by molar-refractivity contribution is -0.113. The SMILES string of the molecule is CC(=O)/C(=C/c1ccccc1)C1=C(c2cccc3ccccc23)C(c2ccccc2)C(C#Cc2cccc3ccccc23)=C(C)O1. The molecule has 0 saturated carbocycles. The largest absolute Gasteiger partial charge is 0.460 e. The number of hydrogen-bond acceptors (Lipinski definition) is 2. The predicted molar refractivity (Wildman–Crippen MR) is 190 cm³/mol. The molecule has 0 aliphatic carbocycles. The molecule has 46 heavy (non-hydrogen) atoms. The van der Waals surface area contributed by atoms with Gasteiger partial charge in [-0.1, -0.05) is 151 Å². The molecule has 0 N–H and O–H groups in total. The van der Waals surface area contributed by atoms with Crippen LogP contribution in [0.4, 0.5) is 0 Å². The van der Waals surface area contributed by atoms with Gasteiger partial charge >= 0.3 is 0 Å². The first-order valence-electron chi connectivity index (χ1n) is 15.5. The van der Waals surface area contributed by atoms with Gasteiger partial charge in [0, 0.05) is 17.1 Å². The van der Waals surface area contributed by atoms with Crippen molar-refractivity contribution >= 4 is 39.0 Å². The van der Waals surface area contributed by atoms with Crippen LogP contribution < -0.4 is 0 Å². The van der Waals surface area contributed by atoms with Crippen LogP contribution in [0.25, 0.3) is 33.2 Å². The van der Waals surface area contributed by atoms with Crippen molar-refractivity contribution in [2.75, 3.05) is 0 Å². The number of carbonyl (C=O) groups excluding carboxylic acids is 1. The maximum absolute atomic E-state index is 13.5. The van der Waals surface area contributed by atoms with Crippen LogP contribution >= 0.6 is 0 Å².